The van der Waals surface area contributed by atoms with Gasteiger partial charge in [0, 0.05) is 40.9 Å². The number of halogens is 1. The van der Waals surface area contributed by atoms with Crippen molar-refractivity contribution in [3.63, 3.8) is 0 Å². The zero-order valence-corrected chi connectivity index (χ0v) is 11.8. The topological polar surface area (TPSA) is 58.6 Å². The first-order valence-corrected chi connectivity index (χ1v) is 7.75. The van der Waals surface area contributed by atoms with Gasteiger partial charge in [-0.05, 0) is 18.2 Å². The molecule has 1 aromatic rings. The van der Waals surface area contributed by atoms with E-state index in [9.17, 15) is 9.32 Å². The van der Waals surface area contributed by atoms with Crippen LogP contribution in [0.4, 0.5) is 0 Å². The largest absolute Gasteiger partial charge is 0.491 e. The SMILES string of the molecule is CS(=O)CCNCC(O)COc1cccc(Cl)c1. The third-order valence-corrected chi connectivity index (χ3v) is 3.20. The Morgan fingerprint density at radius 2 is 2.33 bits per heavy atom. The molecule has 0 aliphatic heterocycles. The maximum absolute atomic E-state index is 10.8. The quantitative estimate of drug-likeness (QED) is 0.703. The van der Waals surface area contributed by atoms with Crippen LogP contribution in [0.2, 0.25) is 5.02 Å². The van der Waals surface area contributed by atoms with Crippen LogP contribution in [-0.4, -0.2) is 47.1 Å². The molecule has 18 heavy (non-hydrogen) atoms. The molecule has 102 valence electrons. The smallest absolute Gasteiger partial charge is 0.120 e. The fourth-order valence-corrected chi connectivity index (χ4v) is 1.90. The molecule has 6 heteroatoms. The molecule has 0 aliphatic carbocycles. The zero-order valence-electron chi connectivity index (χ0n) is 10.3. The summed E-state index contributed by atoms with van der Waals surface area (Å²) in [5.41, 5.74) is 0. The molecule has 0 saturated carbocycles. The van der Waals surface area contributed by atoms with Crippen molar-refractivity contribution in [1.29, 1.82) is 0 Å². The average molecular weight is 292 g/mol. The van der Waals surface area contributed by atoms with E-state index >= 15 is 0 Å². The van der Waals surface area contributed by atoms with E-state index in [2.05, 4.69) is 5.32 Å². The lowest BCUT2D eigenvalue weighted by molar-refractivity contribution is 0.107. The van der Waals surface area contributed by atoms with Crippen molar-refractivity contribution in [3.8, 4) is 5.75 Å². The van der Waals surface area contributed by atoms with Gasteiger partial charge < -0.3 is 15.2 Å². The third kappa shape index (κ3) is 6.96. The van der Waals surface area contributed by atoms with E-state index in [4.69, 9.17) is 16.3 Å². The van der Waals surface area contributed by atoms with Gasteiger partial charge in [-0.3, -0.25) is 4.21 Å². The summed E-state index contributed by atoms with van der Waals surface area (Å²) >= 11 is 5.81. The van der Waals surface area contributed by atoms with E-state index < -0.39 is 16.9 Å². The zero-order chi connectivity index (χ0) is 13.4. The van der Waals surface area contributed by atoms with Gasteiger partial charge >= 0.3 is 0 Å². The Labute approximate surface area is 115 Å². The summed E-state index contributed by atoms with van der Waals surface area (Å²) in [6, 6.07) is 7.03. The summed E-state index contributed by atoms with van der Waals surface area (Å²) in [6.45, 7) is 1.23. The van der Waals surface area contributed by atoms with Crippen molar-refractivity contribution in [3.05, 3.63) is 29.3 Å². The van der Waals surface area contributed by atoms with Crippen LogP contribution in [0.15, 0.2) is 24.3 Å². The van der Waals surface area contributed by atoms with Crippen LogP contribution in [0.5, 0.6) is 5.75 Å². The number of benzene rings is 1. The molecule has 0 saturated heterocycles. The first-order chi connectivity index (χ1) is 8.58. The van der Waals surface area contributed by atoms with E-state index in [1.807, 2.05) is 0 Å². The summed E-state index contributed by atoms with van der Waals surface area (Å²) in [4.78, 5) is 0. The Hall–Kier alpha value is -0.620. The Kier molecular flexibility index (Phi) is 7.27. The monoisotopic (exact) mass is 291 g/mol. The molecule has 2 N–H and O–H groups in total. The van der Waals surface area contributed by atoms with Crippen LogP contribution >= 0.6 is 11.6 Å². The predicted octanol–water partition coefficient (Wildman–Crippen LogP) is 1.05. The Balaban J connectivity index is 2.17. The second-order valence-electron chi connectivity index (χ2n) is 3.90. The van der Waals surface area contributed by atoms with Crippen LogP contribution in [0.3, 0.4) is 0 Å². The lowest BCUT2D eigenvalue weighted by Gasteiger charge is -2.13. The molecule has 0 aromatic heterocycles. The van der Waals surface area contributed by atoms with E-state index in [1.165, 1.54) is 0 Å². The van der Waals surface area contributed by atoms with Crippen molar-refractivity contribution in [2.24, 2.45) is 0 Å². The molecular formula is C12H18ClNO3S. The maximum Gasteiger partial charge on any atom is 0.120 e. The van der Waals surface area contributed by atoms with Gasteiger partial charge in [0.1, 0.15) is 18.5 Å². The average Bonchev–Trinajstić information content (AvgIpc) is 2.32. The number of ether oxygens (including phenoxy) is 1. The van der Waals surface area contributed by atoms with Gasteiger partial charge in [-0.2, -0.15) is 0 Å². The highest BCUT2D eigenvalue weighted by atomic mass is 35.5. The summed E-state index contributed by atoms with van der Waals surface area (Å²) in [5.74, 6) is 1.22. The molecule has 0 amide bonds. The molecule has 1 aromatic carbocycles. The highest BCUT2D eigenvalue weighted by Gasteiger charge is 2.05. The minimum atomic E-state index is -0.806. The molecule has 0 spiro atoms. The Morgan fingerprint density at radius 3 is 3.00 bits per heavy atom. The van der Waals surface area contributed by atoms with Crippen LogP contribution in [0.1, 0.15) is 0 Å². The van der Waals surface area contributed by atoms with Crippen molar-refractivity contribution >= 4 is 22.4 Å². The molecule has 4 nitrogen and oxygen atoms in total. The van der Waals surface area contributed by atoms with E-state index in [0.29, 0.717) is 29.6 Å². The molecule has 2 atom stereocenters. The molecular weight excluding hydrogens is 274 g/mol. The van der Waals surface area contributed by atoms with Crippen molar-refractivity contribution in [1.82, 2.24) is 5.32 Å². The number of aliphatic hydroxyl groups excluding tert-OH is 1. The Bertz CT molecular complexity index is 389. The van der Waals surface area contributed by atoms with Gasteiger partial charge in [0.05, 0.1) is 0 Å². The first kappa shape index (κ1) is 15.4. The standard InChI is InChI=1S/C12H18ClNO3S/c1-18(16)6-5-14-8-11(15)9-17-12-4-2-3-10(13)7-12/h2-4,7,11,14-15H,5-6,8-9H2,1H3. The van der Waals surface area contributed by atoms with Crippen molar-refractivity contribution in [2.75, 3.05) is 31.7 Å². The lowest BCUT2D eigenvalue weighted by Crippen LogP contribution is -2.33. The first-order valence-electron chi connectivity index (χ1n) is 5.65. The number of rotatable bonds is 8. The molecule has 0 radical (unpaired) electrons. The van der Waals surface area contributed by atoms with E-state index in [0.717, 1.165) is 0 Å². The molecule has 0 bridgehead atoms. The fraction of sp³-hybridized carbons (Fsp3) is 0.500. The summed E-state index contributed by atoms with van der Waals surface area (Å²) < 4.78 is 16.2. The fourth-order valence-electron chi connectivity index (χ4n) is 1.29. The van der Waals surface area contributed by atoms with Gasteiger partial charge in [-0.15, -0.1) is 0 Å². The summed E-state index contributed by atoms with van der Waals surface area (Å²) in [7, 11) is -0.806. The van der Waals surface area contributed by atoms with Gasteiger partial charge in [-0.25, -0.2) is 0 Å². The van der Waals surface area contributed by atoms with E-state index in [-0.39, 0.29) is 6.61 Å². The van der Waals surface area contributed by atoms with Gasteiger partial charge in [0.25, 0.3) is 0 Å². The molecule has 0 heterocycles. The minimum Gasteiger partial charge on any atom is -0.491 e. The van der Waals surface area contributed by atoms with Crippen molar-refractivity contribution in [2.45, 2.75) is 6.10 Å². The number of nitrogens with one attached hydrogen (secondary N) is 1. The highest BCUT2D eigenvalue weighted by Crippen LogP contribution is 2.17. The molecule has 0 aliphatic rings. The third-order valence-electron chi connectivity index (χ3n) is 2.18. The van der Waals surface area contributed by atoms with Crippen LogP contribution in [-0.2, 0) is 10.8 Å². The van der Waals surface area contributed by atoms with Crippen LogP contribution < -0.4 is 10.1 Å². The number of hydrogen-bond acceptors (Lipinski definition) is 4. The summed E-state index contributed by atoms with van der Waals surface area (Å²) in [6.07, 6.45) is 1.05. The molecule has 1 rings (SSSR count). The minimum absolute atomic E-state index is 0.197. The second kappa shape index (κ2) is 8.48. The van der Waals surface area contributed by atoms with E-state index in [1.54, 1.807) is 30.5 Å². The number of aliphatic hydroxyl groups is 1. The normalized spacial score (nSPS) is 14.2. The second-order valence-corrected chi connectivity index (χ2v) is 5.89. The van der Waals surface area contributed by atoms with Gasteiger partial charge in [-0.1, -0.05) is 17.7 Å². The maximum atomic E-state index is 10.8. The van der Waals surface area contributed by atoms with Gasteiger partial charge in [0.15, 0.2) is 0 Å². The predicted molar refractivity (Wildman–Crippen MR) is 74.8 cm³/mol. The van der Waals surface area contributed by atoms with Crippen molar-refractivity contribution < 1.29 is 14.1 Å². The summed E-state index contributed by atoms with van der Waals surface area (Å²) in [5, 5.41) is 13.3. The lowest BCUT2D eigenvalue weighted by atomic mass is 10.3. The number of hydrogen-bond donors (Lipinski definition) is 2. The molecule has 0 fully saturated rings. The van der Waals surface area contributed by atoms with Gasteiger partial charge in [0.2, 0.25) is 0 Å². The van der Waals surface area contributed by atoms with Crippen LogP contribution in [0.25, 0.3) is 0 Å². The molecule has 2 unspecified atom stereocenters. The Morgan fingerprint density at radius 1 is 1.56 bits per heavy atom. The highest BCUT2D eigenvalue weighted by molar-refractivity contribution is 7.84. The van der Waals surface area contributed by atoms with Crippen LogP contribution in [0, 0.1) is 0 Å².